The number of nitrogens with zero attached hydrogens (tertiary/aromatic N) is 3. The zero-order valence-electron chi connectivity index (χ0n) is 23.2. The minimum Gasteiger partial charge on any atom is -0.484 e. The number of imide groups is 1. The number of rotatable bonds is 6. The van der Waals surface area contributed by atoms with Crippen molar-refractivity contribution in [1.82, 2.24) is 15.1 Å². The van der Waals surface area contributed by atoms with Crippen LogP contribution in [0.3, 0.4) is 0 Å². The van der Waals surface area contributed by atoms with Gasteiger partial charge in [0.25, 0.3) is 5.91 Å². The molecule has 39 heavy (non-hydrogen) atoms. The van der Waals surface area contributed by atoms with Crippen molar-refractivity contribution >= 4 is 29.4 Å². The van der Waals surface area contributed by atoms with Gasteiger partial charge >= 0.3 is 6.03 Å². The van der Waals surface area contributed by atoms with Crippen LogP contribution in [0.15, 0.2) is 18.2 Å². The van der Waals surface area contributed by atoms with Gasteiger partial charge in [0.2, 0.25) is 11.8 Å². The Morgan fingerprint density at radius 3 is 2.13 bits per heavy atom. The fourth-order valence-corrected chi connectivity index (χ4v) is 6.87. The van der Waals surface area contributed by atoms with Gasteiger partial charge in [0.05, 0.1) is 0 Å². The molecule has 1 aliphatic carbocycles. The number of hydrogen-bond donors (Lipinski definition) is 1. The maximum absolute atomic E-state index is 12.9. The first-order chi connectivity index (χ1) is 18.9. The van der Waals surface area contributed by atoms with Crippen LogP contribution < -0.4 is 15.0 Å². The Kier molecular flexibility index (Phi) is 8.72. The lowest BCUT2D eigenvalue weighted by molar-refractivity contribution is -0.139. The minimum atomic E-state index is -0.417. The highest BCUT2D eigenvalue weighted by atomic mass is 16.5. The Labute approximate surface area is 231 Å². The number of amides is 5. The van der Waals surface area contributed by atoms with Crippen molar-refractivity contribution in [2.75, 3.05) is 44.2 Å². The number of ether oxygens (including phenoxy) is 1. The van der Waals surface area contributed by atoms with Crippen LogP contribution in [0.25, 0.3) is 0 Å². The topological polar surface area (TPSA) is 99.3 Å². The van der Waals surface area contributed by atoms with Crippen LogP contribution >= 0.6 is 0 Å². The molecule has 1 aromatic rings. The molecule has 5 amide bonds. The summed E-state index contributed by atoms with van der Waals surface area (Å²) in [6.45, 7) is 5.53. The third kappa shape index (κ3) is 6.56. The second-order valence-corrected chi connectivity index (χ2v) is 11.7. The molecule has 3 saturated heterocycles. The Balaban J connectivity index is 1.04. The predicted molar refractivity (Wildman–Crippen MR) is 147 cm³/mol. The largest absolute Gasteiger partial charge is 0.484 e. The average molecular weight is 539 g/mol. The number of anilines is 1. The van der Waals surface area contributed by atoms with Crippen molar-refractivity contribution in [2.24, 2.45) is 17.8 Å². The molecule has 0 bridgehead atoms. The number of piperidine rings is 2. The second-order valence-electron chi connectivity index (χ2n) is 11.7. The molecular weight excluding hydrogens is 496 g/mol. The minimum absolute atomic E-state index is 0.00278. The number of nitrogens with one attached hydrogen (secondary N) is 1. The smallest absolute Gasteiger partial charge is 0.328 e. The molecule has 9 nitrogen and oxygen atoms in total. The van der Waals surface area contributed by atoms with Crippen LogP contribution in [0.1, 0.15) is 69.8 Å². The summed E-state index contributed by atoms with van der Waals surface area (Å²) in [6.07, 6.45) is 10.3. The molecular formula is C30H42N4O5. The second kappa shape index (κ2) is 12.4. The van der Waals surface area contributed by atoms with Crippen LogP contribution in [0.2, 0.25) is 0 Å². The molecule has 0 radical (unpaired) electrons. The fourth-order valence-electron chi connectivity index (χ4n) is 6.87. The van der Waals surface area contributed by atoms with Crippen molar-refractivity contribution in [3.8, 4) is 5.75 Å². The van der Waals surface area contributed by atoms with Gasteiger partial charge in [-0.3, -0.25) is 24.6 Å². The molecule has 9 heteroatoms. The molecule has 1 aromatic carbocycles. The van der Waals surface area contributed by atoms with Crippen LogP contribution in [-0.2, 0) is 14.4 Å². The highest BCUT2D eigenvalue weighted by molar-refractivity contribution is 6.05. The van der Waals surface area contributed by atoms with Crippen molar-refractivity contribution < 1.29 is 23.9 Å². The van der Waals surface area contributed by atoms with E-state index >= 15 is 0 Å². The average Bonchev–Trinajstić information content (AvgIpc) is 2.97. The van der Waals surface area contributed by atoms with E-state index in [1.54, 1.807) is 17.0 Å². The molecule has 4 fully saturated rings. The summed E-state index contributed by atoms with van der Waals surface area (Å²) in [5, 5.41) is 2.34. The summed E-state index contributed by atoms with van der Waals surface area (Å²) in [6, 6.07) is 4.96. The van der Waals surface area contributed by atoms with Gasteiger partial charge in [-0.05, 0) is 81.0 Å². The van der Waals surface area contributed by atoms with Gasteiger partial charge < -0.3 is 14.5 Å². The molecule has 0 unspecified atom stereocenters. The van der Waals surface area contributed by atoms with Gasteiger partial charge in [-0.25, -0.2) is 4.79 Å². The van der Waals surface area contributed by atoms with Crippen LogP contribution in [0.5, 0.6) is 5.75 Å². The van der Waals surface area contributed by atoms with E-state index in [1.165, 1.54) is 19.3 Å². The van der Waals surface area contributed by atoms with Crippen molar-refractivity contribution in [3.05, 3.63) is 23.8 Å². The number of hydrogen-bond acceptors (Lipinski definition) is 5. The van der Waals surface area contributed by atoms with E-state index in [4.69, 9.17) is 4.74 Å². The molecule has 0 spiro atoms. The number of carbonyl (C=O) groups is 4. The third-order valence-corrected chi connectivity index (χ3v) is 9.24. The van der Waals surface area contributed by atoms with Crippen LogP contribution in [0, 0.1) is 24.7 Å². The zero-order valence-corrected chi connectivity index (χ0v) is 23.2. The first kappa shape index (κ1) is 27.5. The van der Waals surface area contributed by atoms with Crippen LogP contribution in [-0.4, -0.2) is 72.9 Å². The summed E-state index contributed by atoms with van der Waals surface area (Å²) in [5.74, 6) is 2.25. The number of urea groups is 1. The summed E-state index contributed by atoms with van der Waals surface area (Å²) in [4.78, 5) is 54.9. The van der Waals surface area contributed by atoms with E-state index < -0.39 is 6.03 Å². The Morgan fingerprint density at radius 1 is 0.872 bits per heavy atom. The number of carbonyl (C=O) groups excluding carboxylic acids is 4. The van der Waals surface area contributed by atoms with Crippen molar-refractivity contribution in [3.63, 3.8) is 0 Å². The van der Waals surface area contributed by atoms with Gasteiger partial charge in [-0.15, -0.1) is 0 Å². The molecule has 1 N–H and O–H groups in total. The zero-order chi connectivity index (χ0) is 27.4. The van der Waals surface area contributed by atoms with Gasteiger partial charge in [0, 0.05) is 50.7 Å². The maximum Gasteiger partial charge on any atom is 0.328 e. The first-order valence-corrected chi connectivity index (χ1v) is 14.8. The third-order valence-electron chi connectivity index (χ3n) is 9.24. The van der Waals surface area contributed by atoms with Gasteiger partial charge in [-0.2, -0.15) is 0 Å². The lowest BCUT2D eigenvalue weighted by Gasteiger charge is -2.41. The number of likely N-dealkylation sites (tertiary alicyclic amines) is 2. The molecule has 0 aromatic heterocycles. The Bertz CT molecular complexity index is 1070. The lowest BCUT2D eigenvalue weighted by Crippen LogP contribution is -2.49. The molecule has 1 saturated carbocycles. The summed E-state index contributed by atoms with van der Waals surface area (Å²) in [5.41, 5.74) is 1.57. The highest BCUT2D eigenvalue weighted by Gasteiger charge is 2.34. The maximum atomic E-state index is 12.9. The van der Waals surface area contributed by atoms with Gasteiger partial charge in [0.1, 0.15) is 5.75 Å². The summed E-state index contributed by atoms with van der Waals surface area (Å²) < 4.78 is 5.81. The molecule has 4 aliphatic rings. The fraction of sp³-hybridized carbons (Fsp3) is 0.667. The monoisotopic (exact) mass is 538 g/mol. The van der Waals surface area contributed by atoms with Crippen molar-refractivity contribution in [2.45, 2.75) is 71.1 Å². The quantitative estimate of drug-likeness (QED) is 0.593. The van der Waals surface area contributed by atoms with E-state index in [1.807, 2.05) is 17.9 Å². The standard InChI is InChI=1S/C30H42N4O5/c1-21-19-25(7-8-26(21)34-18-13-27(35)31-30(34)38)39-20-28(36)32-14-9-22(10-15-32)23-11-16-33(17-12-23)29(37)24-5-3-2-4-6-24/h7-8,19,22-24H,2-6,9-18,20H2,1H3,(H,31,35,38). The van der Waals surface area contributed by atoms with E-state index in [2.05, 4.69) is 10.2 Å². The number of aryl methyl sites for hydroxylation is 1. The van der Waals surface area contributed by atoms with E-state index in [0.717, 1.165) is 76.0 Å². The highest BCUT2D eigenvalue weighted by Crippen LogP contribution is 2.34. The van der Waals surface area contributed by atoms with E-state index in [-0.39, 0.29) is 30.8 Å². The molecule has 3 heterocycles. The SMILES string of the molecule is Cc1cc(OCC(=O)N2CCC(C3CCN(C(=O)C4CCCCC4)CC3)CC2)ccc1N1CCC(=O)NC1=O. The summed E-state index contributed by atoms with van der Waals surface area (Å²) in [7, 11) is 0. The first-order valence-electron chi connectivity index (χ1n) is 14.8. The Hall–Kier alpha value is -3.10. The Morgan fingerprint density at radius 2 is 1.51 bits per heavy atom. The summed E-state index contributed by atoms with van der Waals surface area (Å²) >= 11 is 0. The molecule has 212 valence electrons. The molecule has 0 atom stereocenters. The normalized spacial score (nSPS) is 22.1. The van der Waals surface area contributed by atoms with Gasteiger partial charge in [0.15, 0.2) is 6.61 Å². The van der Waals surface area contributed by atoms with Crippen LogP contribution in [0.4, 0.5) is 10.5 Å². The van der Waals surface area contributed by atoms with E-state index in [0.29, 0.717) is 30.0 Å². The van der Waals surface area contributed by atoms with Gasteiger partial charge in [-0.1, -0.05) is 19.3 Å². The lowest BCUT2D eigenvalue weighted by atomic mass is 9.78. The molecule has 5 rings (SSSR count). The molecule has 3 aliphatic heterocycles. The predicted octanol–water partition coefficient (Wildman–Crippen LogP) is 3.88. The van der Waals surface area contributed by atoms with E-state index in [9.17, 15) is 19.2 Å². The van der Waals surface area contributed by atoms with Crippen molar-refractivity contribution in [1.29, 1.82) is 0 Å². The number of benzene rings is 1.